The molecule has 1 heterocycles. The van der Waals surface area contributed by atoms with Gasteiger partial charge >= 0.3 is 0 Å². The number of para-hydroxylation sites is 1. The highest BCUT2D eigenvalue weighted by Crippen LogP contribution is 2.34. The van der Waals surface area contributed by atoms with E-state index in [0.29, 0.717) is 5.75 Å². The molecule has 1 atom stereocenters. The van der Waals surface area contributed by atoms with Crippen molar-refractivity contribution in [2.45, 2.75) is 13.0 Å². The molecule has 5 heteroatoms. The third-order valence-electron chi connectivity index (χ3n) is 3.68. The van der Waals surface area contributed by atoms with Crippen LogP contribution >= 0.6 is 0 Å². The number of hydrogen-bond donors (Lipinski definition) is 2. The summed E-state index contributed by atoms with van der Waals surface area (Å²) in [7, 11) is 3.26. The maximum atomic E-state index is 5.94. The van der Waals surface area contributed by atoms with Crippen molar-refractivity contribution >= 4 is 16.7 Å². The van der Waals surface area contributed by atoms with Gasteiger partial charge in [0.1, 0.15) is 22.8 Å². The first kappa shape index (κ1) is 15.2. The first-order valence-corrected chi connectivity index (χ1v) is 7.43. The van der Waals surface area contributed by atoms with Gasteiger partial charge in [0.25, 0.3) is 0 Å². The molecule has 3 aromatic rings. The number of nitrogens with one attached hydrogen (secondary N) is 2. The summed E-state index contributed by atoms with van der Waals surface area (Å²) in [6.07, 6.45) is 0. The van der Waals surface area contributed by atoms with E-state index in [4.69, 9.17) is 13.9 Å². The molecule has 0 radical (unpaired) electrons. The number of benzene rings is 2. The van der Waals surface area contributed by atoms with Crippen molar-refractivity contribution in [2.75, 3.05) is 19.6 Å². The second-order valence-corrected chi connectivity index (χ2v) is 5.25. The molecule has 1 unspecified atom stereocenters. The molecule has 0 saturated heterocycles. The lowest BCUT2D eigenvalue weighted by molar-refractivity contribution is 0.396. The van der Waals surface area contributed by atoms with Crippen molar-refractivity contribution in [1.82, 2.24) is 5.43 Å². The molecule has 0 saturated carbocycles. The molecule has 2 N–H and O–H groups in total. The van der Waals surface area contributed by atoms with E-state index >= 15 is 0 Å². The Labute approximate surface area is 135 Å². The number of ether oxygens (including phenoxy) is 2. The predicted molar refractivity (Wildman–Crippen MR) is 90.9 cm³/mol. The van der Waals surface area contributed by atoms with E-state index in [1.54, 1.807) is 14.2 Å². The lowest BCUT2D eigenvalue weighted by Crippen LogP contribution is -2.24. The van der Waals surface area contributed by atoms with Gasteiger partial charge in [-0.25, -0.2) is 5.43 Å². The number of hydrogen-bond acceptors (Lipinski definition) is 5. The molecule has 23 heavy (non-hydrogen) atoms. The van der Waals surface area contributed by atoms with Crippen LogP contribution in [0.5, 0.6) is 11.5 Å². The van der Waals surface area contributed by atoms with Crippen molar-refractivity contribution < 1.29 is 13.9 Å². The number of hydrazine groups is 1. The Morgan fingerprint density at radius 3 is 2.48 bits per heavy atom. The summed E-state index contributed by atoms with van der Waals surface area (Å²) in [4.78, 5) is 0. The summed E-state index contributed by atoms with van der Waals surface area (Å²) in [5.74, 6) is 2.26. The molecular formula is C18H20N2O3. The third-order valence-corrected chi connectivity index (χ3v) is 3.68. The van der Waals surface area contributed by atoms with Crippen LogP contribution in [0.1, 0.15) is 18.7 Å². The minimum Gasteiger partial charge on any atom is -0.496 e. The van der Waals surface area contributed by atoms with Gasteiger partial charge in [0, 0.05) is 17.8 Å². The Bertz CT molecular complexity index is 784. The summed E-state index contributed by atoms with van der Waals surface area (Å²) in [5, 5.41) is 0.927. The van der Waals surface area contributed by atoms with Crippen molar-refractivity contribution in [3.63, 3.8) is 0 Å². The molecule has 0 spiro atoms. The summed E-state index contributed by atoms with van der Waals surface area (Å²) in [6.45, 7) is 2.03. The zero-order chi connectivity index (χ0) is 16.2. The maximum Gasteiger partial charge on any atom is 0.141 e. The van der Waals surface area contributed by atoms with E-state index in [-0.39, 0.29) is 6.04 Å². The maximum absolute atomic E-state index is 5.94. The molecular weight excluding hydrogens is 292 g/mol. The normalized spacial score (nSPS) is 12.1. The van der Waals surface area contributed by atoms with Crippen LogP contribution in [-0.4, -0.2) is 14.2 Å². The molecule has 3 rings (SSSR count). The Kier molecular flexibility index (Phi) is 4.39. The van der Waals surface area contributed by atoms with Gasteiger partial charge in [-0.3, -0.25) is 0 Å². The van der Waals surface area contributed by atoms with E-state index in [1.807, 2.05) is 55.5 Å². The van der Waals surface area contributed by atoms with Gasteiger partial charge in [0.15, 0.2) is 0 Å². The van der Waals surface area contributed by atoms with Crippen LogP contribution in [0.15, 0.2) is 52.9 Å². The number of furan rings is 1. The molecule has 0 aliphatic carbocycles. The molecule has 1 aromatic heterocycles. The third kappa shape index (κ3) is 3.24. The van der Waals surface area contributed by atoms with Crippen LogP contribution in [0.2, 0.25) is 0 Å². The van der Waals surface area contributed by atoms with Gasteiger partial charge in [-0.15, -0.1) is 0 Å². The molecule has 120 valence electrons. The average molecular weight is 312 g/mol. The molecule has 0 fully saturated rings. The van der Waals surface area contributed by atoms with Crippen LogP contribution in [0.3, 0.4) is 0 Å². The molecule has 0 bridgehead atoms. The first-order valence-electron chi connectivity index (χ1n) is 7.43. The van der Waals surface area contributed by atoms with Crippen LogP contribution < -0.4 is 20.3 Å². The summed E-state index contributed by atoms with van der Waals surface area (Å²) in [5.41, 5.74) is 8.13. The SMILES string of the molecule is COc1cc(OC)c2cc(C(C)NNc3ccccc3)oc2c1. The van der Waals surface area contributed by atoms with Crippen molar-refractivity contribution in [3.8, 4) is 11.5 Å². The quantitative estimate of drug-likeness (QED) is 0.670. The van der Waals surface area contributed by atoms with Gasteiger partial charge < -0.3 is 19.3 Å². The first-order chi connectivity index (χ1) is 11.2. The lowest BCUT2D eigenvalue weighted by atomic mass is 10.2. The largest absolute Gasteiger partial charge is 0.496 e. The van der Waals surface area contributed by atoms with E-state index < -0.39 is 0 Å². The smallest absolute Gasteiger partial charge is 0.141 e. The Morgan fingerprint density at radius 2 is 1.78 bits per heavy atom. The highest BCUT2D eigenvalue weighted by Gasteiger charge is 2.15. The number of fused-ring (bicyclic) bond motifs is 1. The monoisotopic (exact) mass is 312 g/mol. The summed E-state index contributed by atoms with van der Waals surface area (Å²) >= 11 is 0. The molecule has 0 aliphatic heterocycles. The minimum absolute atomic E-state index is 0.0155. The number of anilines is 1. The van der Waals surface area contributed by atoms with Crippen molar-refractivity contribution in [3.05, 3.63) is 54.3 Å². The van der Waals surface area contributed by atoms with Crippen LogP contribution in [0, 0.1) is 0 Å². The van der Waals surface area contributed by atoms with E-state index in [1.165, 1.54) is 0 Å². The average Bonchev–Trinajstić information content (AvgIpc) is 3.03. The van der Waals surface area contributed by atoms with E-state index in [0.717, 1.165) is 28.2 Å². The summed E-state index contributed by atoms with van der Waals surface area (Å²) < 4.78 is 16.6. The number of rotatable bonds is 6. The Balaban J connectivity index is 1.82. The highest BCUT2D eigenvalue weighted by atomic mass is 16.5. The van der Waals surface area contributed by atoms with Crippen molar-refractivity contribution in [2.24, 2.45) is 0 Å². The van der Waals surface area contributed by atoms with Crippen LogP contribution in [-0.2, 0) is 0 Å². The van der Waals surface area contributed by atoms with Gasteiger partial charge in [-0.2, -0.15) is 0 Å². The standard InChI is InChI=1S/C18H20N2O3/c1-12(19-20-13-7-5-4-6-8-13)16-11-15-17(22-3)9-14(21-2)10-18(15)23-16/h4-12,19-20H,1-3H3. The fourth-order valence-corrected chi connectivity index (χ4v) is 2.39. The minimum atomic E-state index is -0.0155. The van der Waals surface area contributed by atoms with E-state index in [2.05, 4.69) is 10.9 Å². The zero-order valence-electron chi connectivity index (χ0n) is 13.4. The van der Waals surface area contributed by atoms with E-state index in [9.17, 15) is 0 Å². The topological polar surface area (TPSA) is 55.7 Å². The second-order valence-electron chi connectivity index (χ2n) is 5.25. The van der Waals surface area contributed by atoms with Crippen LogP contribution in [0.25, 0.3) is 11.0 Å². The molecule has 5 nitrogen and oxygen atoms in total. The lowest BCUT2D eigenvalue weighted by Gasteiger charge is -2.13. The van der Waals surface area contributed by atoms with Crippen molar-refractivity contribution in [1.29, 1.82) is 0 Å². The second kappa shape index (κ2) is 6.62. The van der Waals surface area contributed by atoms with Gasteiger partial charge in [-0.05, 0) is 25.1 Å². The number of methoxy groups -OCH3 is 2. The molecule has 0 aliphatic rings. The molecule has 2 aromatic carbocycles. The van der Waals surface area contributed by atoms with Crippen LogP contribution in [0.4, 0.5) is 5.69 Å². The Hall–Kier alpha value is -2.66. The zero-order valence-corrected chi connectivity index (χ0v) is 13.4. The Morgan fingerprint density at radius 1 is 1.00 bits per heavy atom. The van der Waals surface area contributed by atoms with Gasteiger partial charge in [-0.1, -0.05) is 18.2 Å². The highest BCUT2D eigenvalue weighted by molar-refractivity contribution is 5.86. The fourth-order valence-electron chi connectivity index (χ4n) is 2.39. The molecule has 0 amide bonds. The van der Waals surface area contributed by atoms with Gasteiger partial charge in [0.05, 0.1) is 25.6 Å². The van der Waals surface area contributed by atoms with Gasteiger partial charge in [0.2, 0.25) is 0 Å². The fraction of sp³-hybridized carbons (Fsp3) is 0.222. The predicted octanol–water partition coefficient (Wildman–Crippen LogP) is 4.13. The summed E-state index contributed by atoms with van der Waals surface area (Å²) in [6, 6.07) is 15.6.